The van der Waals surface area contributed by atoms with Gasteiger partial charge in [-0.25, -0.2) is 4.79 Å². The van der Waals surface area contributed by atoms with Gasteiger partial charge in [-0.1, -0.05) is 25.5 Å². The molecule has 5 amide bonds. The third-order valence-corrected chi connectivity index (χ3v) is 6.05. The second kappa shape index (κ2) is 12.5. The molecule has 1 saturated heterocycles. The summed E-state index contributed by atoms with van der Waals surface area (Å²) in [4.78, 5) is 52.7. The lowest BCUT2D eigenvalue weighted by molar-refractivity contribution is -0.136. The van der Waals surface area contributed by atoms with Crippen molar-refractivity contribution < 1.29 is 19.2 Å². The molecular formula is C24H35N5O4S. The fraction of sp³-hybridized carbons (Fsp3) is 0.500. The molecule has 0 aromatic heterocycles. The summed E-state index contributed by atoms with van der Waals surface area (Å²) in [5.74, 6) is -1.26. The Bertz CT molecular complexity index is 945. The molecule has 0 saturated carbocycles. The van der Waals surface area contributed by atoms with Gasteiger partial charge in [-0.2, -0.15) is 0 Å². The van der Waals surface area contributed by atoms with Crippen LogP contribution < -0.4 is 21.7 Å². The molecule has 1 aromatic rings. The highest BCUT2D eigenvalue weighted by molar-refractivity contribution is 7.98. The highest BCUT2D eigenvalue weighted by Gasteiger charge is 2.40. The fourth-order valence-electron chi connectivity index (χ4n) is 3.80. The number of nitrogens with zero attached hydrogens (tertiary/aromatic N) is 1. The average molecular weight is 490 g/mol. The Morgan fingerprint density at radius 2 is 1.94 bits per heavy atom. The molecule has 5 N–H and O–H groups in total. The van der Waals surface area contributed by atoms with Crippen LogP contribution in [0.1, 0.15) is 40.5 Å². The van der Waals surface area contributed by atoms with Crippen LogP contribution in [0.5, 0.6) is 0 Å². The van der Waals surface area contributed by atoms with Crippen LogP contribution >= 0.6 is 11.8 Å². The van der Waals surface area contributed by atoms with Crippen molar-refractivity contribution in [2.24, 2.45) is 11.7 Å². The molecule has 0 aliphatic carbocycles. The maximum atomic E-state index is 13.1. The van der Waals surface area contributed by atoms with Gasteiger partial charge in [-0.3, -0.25) is 14.4 Å². The Morgan fingerprint density at radius 3 is 2.53 bits per heavy atom. The van der Waals surface area contributed by atoms with Gasteiger partial charge in [-0.15, -0.1) is 11.8 Å². The Morgan fingerprint density at radius 1 is 1.24 bits per heavy atom. The minimum Gasteiger partial charge on any atom is -0.368 e. The van der Waals surface area contributed by atoms with Crippen molar-refractivity contribution in [1.29, 1.82) is 0 Å². The minimum absolute atomic E-state index is 0.146. The van der Waals surface area contributed by atoms with E-state index in [-0.39, 0.29) is 24.8 Å². The number of primary amides is 1. The van der Waals surface area contributed by atoms with E-state index in [0.29, 0.717) is 12.1 Å². The highest BCUT2D eigenvalue weighted by Crippen LogP contribution is 2.21. The van der Waals surface area contributed by atoms with Crippen LogP contribution in [0, 0.1) is 5.92 Å². The Hall–Kier alpha value is -3.01. The zero-order valence-corrected chi connectivity index (χ0v) is 21.2. The minimum atomic E-state index is -0.831. The molecule has 1 aromatic carbocycles. The van der Waals surface area contributed by atoms with E-state index >= 15 is 0 Å². The van der Waals surface area contributed by atoms with Crippen molar-refractivity contribution in [3.63, 3.8) is 0 Å². The molecule has 1 aliphatic heterocycles. The van der Waals surface area contributed by atoms with Crippen molar-refractivity contribution in [1.82, 2.24) is 15.5 Å². The van der Waals surface area contributed by atoms with Crippen molar-refractivity contribution in [2.75, 3.05) is 18.1 Å². The SMILES string of the molecule is CSc1cccc(NC(=O)N[C@H]2C[C@@H](C(=O)N[C@@H](CC(C)C)C(N)=O)N(C(=O)C=C(C)C)C2)c1. The molecule has 0 unspecified atom stereocenters. The molecule has 10 heteroatoms. The zero-order valence-electron chi connectivity index (χ0n) is 20.4. The van der Waals surface area contributed by atoms with Crippen LogP contribution in [-0.4, -0.2) is 59.6 Å². The summed E-state index contributed by atoms with van der Waals surface area (Å²) in [7, 11) is 0. The smallest absolute Gasteiger partial charge is 0.319 e. The van der Waals surface area contributed by atoms with Crippen LogP contribution in [0.15, 0.2) is 40.8 Å². The number of likely N-dealkylation sites (tertiary alicyclic amines) is 1. The van der Waals surface area contributed by atoms with Gasteiger partial charge in [0.15, 0.2) is 0 Å². The predicted molar refractivity (Wildman–Crippen MR) is 134 cm³/mol. The summed E-state index contributed by atoms with van der Waals surface area (Å²) in [6.07, 6.45) is 4.02. The highest BCUT2D eigenvalue weighted by atomic mass is 32.2. The maximum Gasteiger partial charge on any atom is 0.319 e. The van der Waals surface area contributed by atoms with Gasteiger partial charge in [-0.05, 0) is 57.1 Å². The third kappa shape index (κ3) is 8.09. The number of benzene rings is 1. The van der Waals surface area contributed by atoms with Gasteiger partial charge in [0.05, 0.1) is 6.04 Å². The number of hydrogen-bond donors (Lipinski definition) is 4. The molecule has 1 aliphatic rings. The first-order valence-electron chi connectivity index (χ1n) is 11.3. The number of nitrogens with one attached hydrogen (secondary N) is 3. The molecule has 3 atom stereocenters. The lowest BCUT2D eigenvalue weighted by Gasteiger charge is -2.25. The summed E-state index contributed by atoms with van der Waals surface area (Å²) in [5, 5.41) is 8.34. The number of anilines is 1. The molecule has 9 nitrogen and oxygen atoms in total. The number of hydrogen-bond acceptors (Lipinski definition) is 5. The van der Waals surface area contributed by atoms with Crippen molar-refractivity contribution in [2.45, 2.75) is 63.6 Å². The Labute approximate surface area is 205 Å². The van der Waals surface area contributed by atoms with Crippen molar-refractivity contribution in [3.05, 3.63) is 35.9 Å². The second-order valence-electron chi connectivity index (χ2n) is 9.08. The molecule has 1 fully saturated rings. The molecule has 1 heterocycles. The van der Waals surface area contributed by atoms with E-state index in [1.54, 1.807) is 31.7 Å². The third-order valence-electron chi connectivity index (χ3n) is 5.33. The van der Waals surface area contributed by atoms with Crippen molar-refractivity contribution in [3.8, 4) is 0 Å². The predicted octanol–water partition coefficient (Wildman–Crippen LogP) is 2.48. The zero-order chi connectivity index (χ0) is 25.4. The monoisotopic (exact) mass is 489 g/mol. The Balaban J connectivity index is 2.13. The summed E-state index contributed by atoms with van der Waals surface area (Å²) >= 11 is 1.57. The first kappa shape index (κ1) is 27.2. The van der Waals surface area contributed by atoms with E-state index in [1.807, 2.05) is 38.3 Å². The standard InChI is InChI=1S/C24H35N5O4S/c1-14(2)9-19(22(25)31)28-23(32)20-12-17(13-29(20)21(30)10-15(3)4)27-24(33)26-16-7-6-8-18(11-16)34-5/h6-8,10-11,14,17,19-20H,9,12-13H2,1-5H3,(H2,25,31)(H,28,32)(H2,26,27,33)/t17-,19-,20-/m0/s1. The topological polar surface area (TPSA) is 134 Å². The number of rotatable bonds is 9. The van der Waals surface area contributed by atoms with Gasteiger partial charge < -0.3 is 26.6 Å². The summed E-state index contributed by atoms with van der Waals surface area (Å²) in [6.45, 7) is 7.61. The molecule has 0 spiro atoms. The number of carbonyl (C=O) groups excluding carboxylic acids is 4. The van der Waals surface area contributed by atoms with Crippen LogP contribution in [0.25, 0.3) is 0 Å². The summed E-state index contributed by atoms with van der Waals surface area (Å²) < 4.78 is 0. The van der Waals surface area contributed by atoms with Crippen molar-refractivity contribution >= 4 is 41.2 Å². The Kier molecular flexibility index (Phi) is 9.97. The van der Waals surface area contributed by atoms with Gasteiger partial charge in [0, 0.05) is 23.2 Å². The van der Waals surface area contributed by atoms with Crippen LogP contribution in [0.2, 0.25) is 0 Å². The van der Waals surface area contributed by atoms with E-state index in [9.17, 15) is 19.2 Å². The van der Waals surface area contributed by atoms with Gasteiger partial charge in [0.25, 0.3) is 0 Å². The number of allylic oxidation sites excluding steroid dienone is 1. The number of amides is 5. The number of nitrogens with two attached hydrogens (primary N) is 1. The van der Waals surface area contributed by atoms with Gasteiger partial charge in [0.1, 0.15) is 12.1 Å². The van der Waals surface area contributed by atoms with E-state index in [4.69, 9.17) is 5.73 Å². The maximum absolute atomic E-state index is 13.1. The fourth-order valence-corrected chi connectivity index (χ4v) is 4.26. The van der Waals surface area contributed by atoms with E-state index < -0.39 is 36.0 Å². The molecule has 34 heavy (non-hydrogen) atoms. The molecular weight excluding hydrogens is 454 g/mol. The van der Waals surface area contributed by atoms with Gasteiger partial charge in [0.2, 0.25) is 17.7 Å². The number of thioether (sulfide) groups is 1. The largest absolute Gasteiger partial charge is 0.368 e. The van der Waals surface area contributed by atoms with E-state index in [1.165, 1.54) is 11.0 Å². The first-order valence-corrected chi connectivity index (χ1v) is 12.5. The second-order valence-corrected chi connectivity index (χ2v) is 9.96. The quantitative estimate of drug-likeness (QED) is 0.312. The average Bonchev–Trinajstić information content (AvgIpc) is 3.16. The summed E-state index contributed by atoms with van der Waals surface area (Å²) in [5.41, 5.74) is 6.91. The lowest BCUT2D eigenvalue weighted by atomic mass is 10.0. The first-order chi connectivity index (χ1) is 16.0. The normalized spacial score (nSPS) is 18.2. The van der Waals surface area contributed by atoms with Crippen LogP contribution in [-0.2, 0) is 14.4 Å². The number of urea groups is 1. The number of carbonyl (C=O) groups is 4. The van der Waals surface area contributed by atoms with E-state index in [2.05, 4.69) is 16.0 Å². The molecule has 186 valence electrons. The van der Waals surface area contributed by atoms with E-state index in [0.717, 1.165) is 10.5 Å². The summed E-state index contributed by atoms with van der Waals surface area (Å²) in [6, 6.07) is 4.92. The lowest BCUT2D eigenvalue weighted by Crippen LogP contribution is -2.52. The molecule has 2 rings (SSSR count). The van der Waals surface area contributed by atoms with Crippen LogP contribution in [0.3, 0.4) is 0 Å². The van der Waals surface area contributed by atoms with Crippen LogP contribution in [0.4, 0.5) is 10.5 Å². The molecule has 0 bridgehead atoms. The van der Waals surface area contributed by atoms with Gasteiger partial charge >= 0.3 is 6.03 Å². The molecule has 0 radical (unpaired) electrons.